The number of nitrogens with two attached hydrogens (primary N) is 1. The van der Waals surface area contributed by atoms with Crippen molar-refractivity contribution in [2.24, 2.45) is 5.84 Å². The summed E-state index contributed by atoms with van der Waals surface area (Å²) in [5.41, 5.74) is 1.83. The van der Waals surface area contributed by atoms with E-state index in [-0.39, 0.29) is 22.8 Å². The number of sulfonamides is 1. The largest absolute Gasteiger partial charge is 0.323 e. The number of benzene rings is 1. The Hall–Kier alpha value is -2.08. The number of thiazole rings is 1. The molecule has 1 aromatic heterocycles. The fraction of sp³-hybridized carbons (Fsp3) is 0.100. The van der Waals surface area contributed by atoms with Gasteiger partial charge in [0.1, 0.15) is 9.90 Å². The Labute approximate surface area is 124 Å². The molecule has 0 aliphatic rings. The Morgan fingerprint density at radius 1 is 1.43 bits per heavy atom. The molecule has 1 heterocycles. The Balaban J connectivity index is 2.28. The predicted molar refractivity (Wildman–Crippen MR) is 77.0 cm³/mol. The lowest BCUT2D eigenvalue weighted by Gasteiger charge is -2.10. The van der Waals surface area contributed by atoms with E-state index in [1.807, 2.05) is 0 Å². The van der Waals surface area contributed by atoms with Crippen molar-refractivity contribution in [2.45, 2.75) is 11.4 Å². The molecule has 0 bridgehead atoms. The summed E-state index contributed by atoms with van der Waals surface area (Å²) in [4.78, 5) is 13.8. The third-order valence-electron chi connectivity index (χ3n) is 2.52. The third kappa shape index (κ3) is 3.52. The molecule has 0 radical (unpaired) electrons. The molecule has 0 spiro atoms. The highest BCUT2D eigenvalue weighted by atomic mass is 32.2. The van der Waals surface area contributed by atoms with Gasteiger partial charge in [-0.2, -0.15) is 0 Å². The van der Waals surface area contributed by atoms with Crippen LogP contribution in [-0.4, -0.2) is 18.3 Å². The molecule has 11 heteroatoms. The van der Waals surface area contributed by atoms with Crippen molar-refractivity contribution >= 4 is 32.7 Å². The maximum absolute atomic E-state index is 12.2. The first-order valence-electron chi connectivity index (χ1n) is 5.57. The molecule has 4 N–H and O–H groups in total. The van der Waals surface area contributed by atoms with Crippen LogP contribution in [0.1, 0.15) is 5.01 Å². The number of nitro groups is 1. The van der Waals surface area contributed by atoms with Gasteiger partial charge in [-0.25, -0.2) is 18.1 Å². The van der Waals surface area contributed by atoms with Gasteiger partial charge in [0.05, 0.1) is 17.2 Å². The average molecular weight is 329 g/mol. The first-order chi connectivity index (χ1) is 9.94. The number of nitrogens with one attached hydrogen (secondary N) is 2. The molecule has 0 aliphatic heterocycles. The number of non-ortho nitro benzene ring substituents is 1. The molecule has 2 aromatic rings. The molecule has 0 amide bonds. The first kappa shape index (κ1) is 15.3. The third-order valence-corrected chi connectivity index (χ3v) is 4.75. The lowest BCUT2D eigenvalue weighted by atomic mass is 10.3. The predicted octanol–water partition coefficient (Wildman–Crippen LogP) is 0.815. The molecular formula is C10H11N5O4S2. The van der Waals surface area contributed by atoms with E-state index < -0.39 is 14.9 Å². The number of hydrazine groups is 1. The normalized spacial score (nSPS) is 11.3. The number of nitro benzene ring substituents is 1. The number of nitrogens with zero attached hydrogens (tertiary/aromatic N) is 2. The Morgan fingerprint density at radius 3 is 2.76 bits per heavy atom. The van der Waals surface area contributed by atoms with Crippen molar-refractivity contribution in [3.8, 4) is 0 Å². The average Bonchev–Trinajstić information content (AvgIpc) is 2.97. The SMILES string of the molecule is NNc1cc([N+](=O)[O-])ccc1S(=O)(=O)NCc1nccs1. The van der Waals surface area contributed by atoms with Gasteiger partial charge in [-0.15, -0.1) is 11.3 Å². The van der Waals surface area contributed by atoms with Gasteiger partial charge in [0, 0.05) is 23.7 Å². The molecule has 0 atom stereocenters. The fourth-order valence-corrected chi connectivity index (χ4v) is 3.34. The van der Waals surface area contributed by atoms with E-state index in [4.69, 9.17) is 5.84 Å². The summed E-state index contributed by atoms with van der Waals surface area (Å²) < 4.78 is 26.7. The van der Waals surface area contributed by atoms with Gasteiger partial charge in [0.25, 0.3) is 5.69 Å². The second kappa shape index (κ2) is 6.13. The summed E-state index contributed by atoms with van der Waals surface area (Å²) in [6.45, 7) is 0.0288. The van der Waals surface area contributed by atoms with Crippen LogP contribution >= 0.6 is 11.3 Å². The van der Waals surface area contributed by atoms with E-state index in [0.29, 0.717) is 5.01 Å². The molecule has 0 saturated carbocycles. The van der Waals surface area contributed by atoms with Gasteiger partial charge < -0.3 is 5.43 Å². The van der Waals surface area contributed by atoms with E-state index in [9.17, 15) is 18.5 Å². The molecule has 9 nitrogen and oxygen atoms in total. The lowest BCUT2D eigenvalue weighted by Crippen LogP contribution is -2.25. The highest BCUT2D eigenvalue weighted by Crippen LogP contribution is 2.25. The fourth-order valence-electron chi connectivity index (χ4n) is 1.55. The maximum Gasteiger partial charge on any atom is 0.271 e. The van der Waals surface area contributed by atoms with Gasteiger partial charge in [-0.1, -0.05) is 0 Å². The highest BCUT2D eigenvalue weighted by molar-refractivity contribution is 7.89. The standard InChI is InChI=1S/C10H11N5O4S2/c11-14-8-5-7(15(16)17)1-2-9(8)21(18,19)13-6-10-12-3-4-20-10/h1-5,13-14H,6,11H2. The molecule has 0 aliphatic carbocycles. The molecule has 1 aromatic carbocycles. The molecule has 2 rings (SSSR count). The summed E-state index contributed by atoms with van der Waals surface area (Å²) >= 11 is 1.31. The molecule has 0 unspecified atom stereocenters. The number of nitrogen functional groups attached to an aromatic ring is 1. The molecule has 0 saturated heterocycles. The summed E-state index contributed by atoms with van der Waals surface area (Å²) in [6, 6.07) is 3.27. The van der Waals surface area contributed by atoms with Crippen LogP contribution in [0, 0.1) is 10.1 Å². The van der Waals surface area contributed by atoms with Crippen LogP contribution in [0.5, 0.6) is 0 Å². The number of anilines is 1. The van der Waals surface area contributed by atoms with Crippen LogP contribution in [0.15, 0.2) is 34.7 Å². The van der Waals surface area contributed by atoms with Gasteiger partial charge >= 0.3 is 0 Å². The minimum absolute atomic E-state index is 0.0288. The second-order valence-electron chi connectivity index (χ2n) is 3.83. The van der Waals surface area contributed by atoms with E-state index in [1.54, 1.807) is 11.6 Å². The molecule has 112 valence electrons. The van der Waals surface area contributed by atoms with Gasteiger partial charge in [-0.3, -0.25) is 16.0 Å². The summed E-state index contributed by atoms with van der Waals surface area (Å²) in [5.74, 6) is 5.23. The number of hydrogen-bond donors (Lipinski definition) is 3. The maximum atomic E-state index is 12.2. The van der Waals surface area contributed by atoms with Gasteiger partial charge in [0.15, 0.2) is 0 Å². The Kier molecular flexibility index (Phi) is 4.47. The summed E-state index contributed by atoms with van der Waals surface area (Å²) in [7, 11) is -3.87. The van der Waals surface area contributed by atoms with Crippen molar-refractivity contribution < 1.29 is 13.3 Å². The number of hydrogen-bond acceptors (Lipinski definition) is 8. The van der Waals surface area contributed by atoms with Crippen LogP contribution in [0.4, 0.5) is 11.4 Å². The zero-order valence-electron chi connectivity index (χ0n) is 10.5. The zero-order valence-corrected chi connectivity index (χ0v) is 12.1. The molecule has 0 fully saturated rings. The van der Waals surface area contributed by atoms with Crippen LogP contribution in [0.3, 0.4) is 0 Å². The minimum atomic E-state index is -3.87. The van der Waals surface area contributed by atoms with Gasteiger partial charge in [0.2, 0.25) is 10.0 Å². The topological polar surface area (TPSA) is 140 Å². The van der Waals surface area contributed by atoms with Crippen molar-refractivity contribution in [3.63, 3.8) is 0 Å². The van der Waals surface area contributed by atoms with E-state index in [2.05, 4.69) is 15.1 Å². The van der Waals surface area contributed by atoms with Crippen LogP contribution < -0.4 is 16.0 Å². The highest BCUT2D eigenvalue weighted by Gasteiger charge is 2.21. The van der Waals surface area contributed by atoms with Crippen molar-refractivity contribution in [1.82, 2.24) is 9.71 Å². The van der Waals surface area contributed by atoms with Crippen molar-refractivity contribution in [2.75, 3.05) is 5.43 Å². The second-order valence-corrected chi connectivity index (χ2v) is 6.55. The molecule has 21 heavy (non-hydrogen) atoms. The van der Waals surface area contributed by atoms with E-state index in [1.165, 1.54) is 11.3 Å². The van der Waals surface area contributed by atoms with Crippen LogP contribution in [0.25, 0.3) is 0 Å². The number of aromatic nitrogens is 1. The van der Waals surface area contributed by atoms with Crippen LogP contribution in [0.2, 0.25) is 0 Å². The van der Waals surface area contributed by atoms with Crippen LogP contribution in [-0.2, 0) is 16.6 Å². The summed E-state index contributed by atoms with van der Waals surface area (Å²) in [5, 5.41) is 13.0. The lowest BCUT2D eigenvalue weighted by molar-refractivity contribution is -0.384. The van der Waals surface area contributed by atoms with Crippen molar-refractivity contribution in [3.05, 3.63) is 44.9 Å². The van der Waals surface area contributed by atoms with E-state index >= 15 is 0 Å². The zero-order chi connectivity index (χ0) is 15.5. The Morgan fingerprint density at radius 2 is 2.19 bits per heavy atom. The minimum Gasteiger partial charge on any atom is -0.323 e. The Bertz CT molecular complexity index is 745. The smallest absolute Gasteiger partial charge is 0.271 e. The molecular weight excluding hydrogens is 318 g/mol. The van der Waals surface area contributed by atoms with E-state index in [0.717, 1.165) is 18.2 Å². The monoisotopic (exact) mass is 329 g/mol. The quantitative estimate of drug-likeness (QED) is 0.404. The summed E-state index contributed by atoms with van der Waals surface area (Å²) in [6.07, 6.45) is 1.56. The number of rotatable bonds is 6. The van der Waals surface area contributed by atoms with Gasteiger partial charge in [-0.05, 0) is 6.07 Å². The first-order valence-corrected chi connectivity index (χ1v) is 7.93. The van der Waals surface area contributed by atoms with Crippen molar-refractivity contribution in [1.29, 1.82) is 0 Å².